The third kappa shape index (κ3) is 3.56. The van der Waals surface area contributed by atoms with Crippen molar-refractivity contribution in [3.8, 4) is 5.75 Å². The summed E-state index contributed by atoms with van der Waals surface area (Å²) in [5.41, 5.74) is -2.56. The summed E-state index contributed by atoms with van der Waals surface area (Å²) >= 11 is 0. The standard InChI is InChI=1S/C21H17F3N2O4S/c1-20(21(22,23)24)14-25(19-9-5-6-12-26(19)27)17-13-16(10-11-18(17)30-20)31(28,29)15-7-3-2-4-8-15/h2-13H,14H2,1H3/t20-/m0/s1. The minimum Gasteiger partial charge on any atom is -0.711 e. The number of alkyl halides is 3. The number of pyridine rings is 1. The molecule has 31 heavy (non-hydrogen) atoms. The van der Waals surface area contributed by atoms with Gasteiger partial charge in [-0.1, -0.05) is 24.3 Å². The molecule has 1 atom stereocenters. The molecule has 0 amide bonds. The zero-order valence-electron chi connectivity index (χ0n) is 16.2. The zero-order valence-corrected chi connectivity index (χ0v) is 17.0. The van der Waals surface area contributed by atoms with Crippen LogP contribution < -0.4 is 14.4 Å². The van der Waals surface area contributed by atoms with Crippen molar-refractivity contribution in [2.45, 2.75) is 28.5 Å². The van der Waals surface area contributed by atoms with E-state index >= 15 is 0 Å². The summed E-state index contributed by atoms with van der Waals surface area (Å²) in [4.78, 5) is 1.04. The lowest BCUT2D eigenvalue weighted by Gasteiger charge is -2.39. The highest BCUT2D eigenvalue weighted by atomic mass is 32.2. The van der Waals surface area contributed by atoms with Gasteiger partial charge >= 0.3 is 6.18 Å². The summed E-state index contributed by atoms with van der Waals surface area (Å²) in [5.74, 6) is -0.265. The van der Waals surface area contributed by atoms with Crippen molar-refractivity contribution in [3.05, 3.63) is 78.1 Å². The molecular formula is C21H17F3N2O4S. The minimum atomic E-state index is -4.74. The molecule has 2 heterocycles. The first-order valence-electron chi connectivity index (χ1n) is 9.19. The summed E-state index contributed by atoms with van der Waals surface area (Å²) in [6.45, 7) is 0.153. The molecule has 1 aliphatic rings. The van der Waals surface area contributed by atoms with Crippen molar-refractivity contribution in [3.63, 3.8) is 0 Å². The number of hydrogen-bond donors (Lipinski definition) is 0. The lowest BCUT2D eigenvalue weighted by molar-refractivity contribution is -0.592. The van der Waals surface area contributed by atoms with Gasteiger partial charge in [0.1, 0.15) is 6.54 Å². The number of halogens is 3. The van der Waals surface area contributed by atoms with E-state index in [2.05, 4.69) is 0 Å². The summed E-state index contributed by atoms with van der Waals surface area (Å²) in [7, 11) is -3.93. The van der Waals surface area contributed by atoms with E-state index in [1.54, 1.807) is 18.2 Å². The van der Waals surface area contributed by atoms with Gasteiger partial charge in [-0.25, -0.2) is 18.0 Å². The minimum absolute atomic E-state index is 0.0388. The molecule has 3 aromatic rings. The SMILES string of the molecule is C[C@@]1(C(F)(F)F)CN(c2cccc[n+]2[O-])c2cc(S(=O)(=O)c3ccccc3)ccc2O1. The van der Waals surface area contributed by atoms with Crippen LogP contribution in [-0.2, 0) is 9.84 Å². The molecule has 0 unspecified atom stereocenters. The van der Waals surface area contributed by atoms with E-state index in [1.807, 2.05) is 0 Å². The summed E-state index contributed by atoms with van der Waals surface area (Å²) < 4.78 is 73.0. The Morgan fingerprint density at radius 1 is 1.03 bits per heavy atom. The van der Waals surface area contributed by atoms with Gasteiger partial charge in [-0.2, -0.15) is 13.2 Å². The van der Waals surface area contributed by atoms with Crippen LogP contribution in [0.2, 0.25) is 0 Å². The van der Waals surface area contributed by atoms with Crippen molar-refractivity contribution in [2.24, 2.45) is 0 Å². The second-order valence-electron chi connectivity index (χ2n) is 7.25. The fraction of sp³-hybridized carbons (Fsp3) is 0.190. The normalized spacial score (nSPS) is 18.9. The Bertz CT molecular complexity index is 1230. The van der Waals surface area contributed by atoms with E-state index in [0.717, 1.165) is 18.0 Å². The molecule has 10 heteroatoms. The maximum atomic E-state index is 13.8. The Morgan fingerprint density at radius 3 is 2.35 bits per heavy atom. The first-order chi connectivity index (χ1) is 14.5. The molecule has 0 bridgehead atoms. The number of ether oxygens (including phenoxy) is 1. The number of benzene rings is 2. The van der Waals surface area contributed by atoms with E-state index in [-0.39, 0.29) is 27.0 Å². The molecule has 0 radical (unpaired) electrons. The molecule has 1 aliphatic heterocycles. The lowest BCUT2D eigenvalue weighted by atomic mass is 10.0. The number of rotatable bonds is 3. The first kappa shape index (κ1) is 21.0. The number of anilines is 2. The van der Waals surface area contributed by atoms with Crippen LogP contribution in [0.3, 0.4) is 0 Å². The molecule has 2 aromatic carbocycles. The molecule has 0 saturated heterocycles. The molecular weight excluding hydrogens is 433 g/mol. The van der Waals surface area contributed by atoms with Crippen molar-refractivity contribution < 1.29 is 31.1 Å². The first-order valence-corrected chi connectivity index (χ1v) is 10.7. The molecule has 4 rings (SSSR count). The molecule has 0 spiro atoms. The molecule has 0 N–H and O–H groups in total. The van der Waals surface area contributed by atoms with Gasteiger partial charge in [-0.3, -0.25) is 0 Å². The van der Waals surface area contributed by atoms with Crippen LogP contribution in [0.5, 0.6) is 5.75 Å². The summed E-state index contributed by atoms with van der Waals surface area (Å²) in [5, 5.41) is 12.3. The molecule has 0 aliphatic carbocycles. The Balaban J connectivity index is 1.90. The van der Waals surface area contributed by atoms with Gasteiger partial charge in [0.2, 0.25) is 15.4 Å². The van der Waals surface area contributed by atoms with E-state index in [9.17, 15) is 26.8 Å². The van der Waals surface area contributed by atoms with Gasteiger partial charge in [-0.15, -0.1) is 0 Å². The molecule has 0 saturated carbocycles. The van der Waals surface area contributed by atoms with E-state index < -0.39 is 28.2 Å². The Kier molecular flexibility index (Phi) is 4.84. The van der Waals surface area contributed by atoms with Crippen LogP contribution in [0.25, 0.3) is 0 Å². The van der Waals surface area contributed by atoms with Crippen LogP contribution in [0.1, 0.15) is 6.92 Å². The molecule has 0 fully saturated rings. The number of aromatic nitrogens is 1. The molecule has 162 valence electrons. The predicted molar refractivity (Wildman–Crippen MR) is 106 cm³/mol. The van der Waals surface area contributed by atoms with E-state index in [1.165, 1.54) is 48.5 Å². The fourth-order valence-corrected chi connectivity index (χ4v) is 4.64. The number of sulfone groups is 1. The fourth-order valence-electron chi connectivity index (χ4n) is 3.34. The smallest absolute Gasteiger partial charge is 0.431 e. The highest BCUT2D eigenvalue weighted by molar-refractivity contribution is 7.91. The second-order valence-corrected chi connectivity index (χ2v) is 9.20. The van der Waals surface area contributed by atoms with Gasteiger partial charge < -0.3 is 9.94 Å². The predicted octanol–water partition coefficient (Wildman–Crippen LogP) is 4.00. The lowest BCUT2D eigenvalue weighted by Crippen LogP contribution is -2.58. The van der Waals surface area contributed by atoms with Crippen LogP contribution in [0, 0.1) is 5.21 Å². The quantitative estimate of drug-likeness (QED) is 0.446. The average Bonchev–Trinajstić information content (AvgIpc) is 2.73. The van der Waals surface area contributed by atoms with E-state index in [4.69, 9.17) is 4.74 Å². The average molecular weight is 450 g/mol. The van der Waals surface area contributed by atoms with Crippen LogP contribution in [0.15, 0.2) is 82.7 Å². The van der Waals surface area contributed by atoms with Crippen molar-refractivity contribution in [2.75, 3.05) is 11.4 Å². The highest BCUT2D eigenvalue weighted by Crippen LogP contribution is 2.46. The van der Waals surface area contributed by atoms with Gasteiger partial charge in [0.05, 0.1) is 16.0 Å². The summed E-state index contributed by atoms with van der Waals surface area (Å²) in [6.07, 6.45) is -3.58. The topological polar surface area (TPSA) is 73.5 Å². The maximum Gasteiger partial charge on any atom is 0.431 e. The van der Waals surface area contributed by atoms with Crippen molar-refractivity contribution >= 4 is 21.3 Å². The molecule has 1 aromatic heterocycles. The van der Waals surface area contributed by atoms with Gasteiger partial charge in [0.25, 0.3) is 5.82 Å². The van der Waals surface area contributed by atoms with Crippen molar-refractivity contribution in [1.82, 2.24) is 0 Å². The third-order valence-electron chi connectivity index (χ3n) is 5.06. The Morgan fingerprint density at radius 2 is 1.71 bits per heavy atom. The Labute approximate surface area is 176 Å². The maximum absolute atomic E-state index is 13.8. The number of nitrogens with zero attached hydrogens (tertiary/aromatic N) is 2. The Hall–Kier alpha value is -3.27. The number of hydrogen-bond acceptors (Lipinski definition) is 5. The molecule has 6 nitrogen and oxygen atoms in total. The zero-order chi connectivity index (χ0) is 22.4. The van der Waals surface area contributed by atoms with Crippen LogP contribution in [0.4, 0.5) is 24.7 Å². The van der Waals surface area contributed by atoms with Gasteiger partial charge in [0, 0.05) is 12.1 Å². The number of fused-ring (bicyclic) bond motifs is 1. The monoisotopic (exact) mass is 450 g/mol. The third-order valence-corrected chi connectivity index (χ3v) is 6.83. The highest BCUT2D eigenvalue weighted by Gasteiger charge is 2.59. The van der Waals surface area contributed by atoms with Gasteiger partial charge in [0.15, 0.2) is 11.4 Å². The van der Waals surface area contributed by atoms with Crippen LogP contribution >= 0.6 is 0 Å². The summed E-state index contributed by atoms with van der Waals surface area (Å²) in [6, 6.07) is 15.6. The van der Waals surface area contributed by atoms with E-state index in [0.29, 0.717) is 4.73 Å². The van der Waals surface area contributed by atoms with Crippen LogP contribution in [-0.4, -0.2) is 26.7 Å². The van der Waals surface area contributed by atoms with Crippen molar-refractivity contribution in [1.29, 1.82) is 0 Å². The van der Waals surface area contributed by atoms with Gasteiger partial charge in [-0.05, 0) is 37.3 Å². The second kappa shape index (κ2) is 7.16. The largest absolute Gasteiger partial charge is 0.711 e.